The second-order valence-electron chi connectivity index (χ2n) is 4.71. The summed E-state index contributed by atoms with van der Waals surface area (Å²) in [5.41, 5.74) is 0. The first kappa shape index (κ1) is 11.6. The Hall–Kier alpha value is -0.520. The van der Waals surface area contributed by atoms with Gasteiger partial charge in [-0.15, -0.1) is 11.3 Å². The summed E-state index contributed by atoms with van der Waals surface area (Å²) >= 11 is 3.62. The Labute approximate surface area is 110 Å². The Kier molecular flexibility index (Phi) is 2.92. The summed E-state index contributed by atoms with van der Waals surface area (Å²) in [5, 5.41) is 5.38. The van der Waals surface area contributed by atoms with Gasteiger partial charge in [-0.25, -0.2) is 0 Å². The van der Waals surface area contributed by atoms with Gasteiger partial charge in [0.1, 0.15) is 6.17 Å². The summed E-state index contributed by atoms with van der Waals surface area (Å²) in [6, 6.07) is 4.15. The number of nitrogens with one attached hydrogen (secondary N) is 1. The maximum absolute atomic E-state index is 12.0. The van der Waals surface area contributed by atoms with Crippen LogP contribution in [-0.2, 0) is 4.79 Å². The molecule has 1 amide bonds. The molecule has 3 nitrogen and oxygen atoms in total. The fourth-order valence-electron chi connectivity index (χ4n) is 2.30. The lowest BCUT2D eigenvalue weighted by molar-refractivity contribution is -0.128. The summed E-state index contributed by atoms with van der Waals surface area (Å²) in [5.74, 6) is 0.240. The number of thioether (sulfide) groups is 1. The highest BCUT2D eigenvalue weighted by molar-refractivity contribution is 8.00. The van der Waals surface area contributed by atoms with Crippen LogP contribution in [0, 0.1) is 0 Å². The van der Waals surface area contributed by atoms with Gasteiger partial charge in [-0.1, -0.05) is 6.07 Å². The van der Waals surface area contributed by atoms with Gasteiger partial charge in [0.05, 0.1) is 6.54 Å². The largest absolute Gasteiger partial charge is 0.320 e. The Morgan fingerprint density at radius 2 is 2.47 bits per heavy atom. The van der Waals surface area contributed by atoms with Gasteiger partial charge in [0, 0.05) is 16.2 Å². The van der Waals surface area contributed by atoms with Crippen molar-refractivity contribution in [3.8, 4) is 0 Å². The van der Waals surface area contributed by atoms with Crippen LogP contribution in [0.15, 0.2) is 17.5 Å². The van der Waals surface area contributed by atoms with Crippen LogP contribution in [-0.4, -0.2) is 34.9 Å². The Morgan fingerprint density at radius 1 is 1.65 bits per heavy atom. The van der Waals surface area contributed by atoms with E-state index in [2.05, 4.69) is 23.0 Å². The van der Waals surface area contributed by atoms with E-state index in [0.29, 0.717) is 11.3 Å². The topological polar surface area (TPSA) is 32.3 Å². The first-order chi connectivity index (χ1) is 8.24. The fourth-order valence-corrected chi connectivity index (χ4v) is 3.89. The monoisotopic (exact) mass is 268 g/mol. The fraction of sp³-hybridized carbons (Fsp3) is 0.583. The zero-order valence-electron chi connectivity index (χ0n) is 9.81. The number of nitrogens with zero attached hydrogens (tertiary/aromatic N) is 1. The van der Waals surface area contributed by atoms with Crippen molar-refractivity contribution in [1.29, 1.82) is 0 Å². The summed E-state index contributed by atoms with van der Waals surface area (Å²) in [7, 11) is 0. The van der Waals surface area contributed by atoms with Crippen LogP contribution in [0.25, 0.3) is 0 Å². The predicted molar refractivity (Wildman–Crippen MR) is 72.3 cm³/mol. The average molecular weight is 268 g/mol. The standard InChI is InChI=1S/C12H16N2OS2/c1-16-12(4-5-12)8-14-10(15)7-13-11(14)9-3-2-6-17-9/h2-3,6,11,13H,4-5,7-8H2,1H3. The molecule has 1 saturated heterocycles. The molecule has 2 fully saturated rings. The lowest BCUT2D eigenvalue weighted by Crippen LogP contribution is -2.36. The number of thiophene rings is 1. The van der Waals surface area contributed by atoms with E-state index in [-0.39, 0.29) is 12.1 Å². The molecule has 1 unspecified atom stereocenters. The molecule has 0 spiro atoms. The number of amides is 1. The minimum absolute atomic E-state index is 0.104. The third-order valence-corrected chi connectivity index (χ3v) is 5.92. The number of hydrogen-bond donors (Lipinski definition) is 1. The third kappa shape index (κ3) is 2.11. The van der Waals surface area contributed by atoms with Crippen molar-refractivity contribution in [3.63, 3.8) is 0 Å². The van der Waals surface area contributed by atoms with Gasteiger partial charge in [0.15, 0.2) is 0 Å². The summed E-state index contributed by atoms with van der Waals surface area (Å²) in [6.07, 6.45) is 4.75. The molecule has 1 aliphatic heterocycles. The zero-order chi connectivity index (χ0) is 11.9. The van der Waals surface area contributed by atoms with Crippen molar-refractivity contribution >= 4 is 29.0 Å². The molecule has 1 aliphatic carbocycles. The highest BCUT2D eigenvalue weighted by Crippen LogP contribution is 2.48. The van der Waals surface area contributed by atoms with E-state index in [0.717, 1.165) is 6.54 Å². The molecule has 5 heteroatoms. The minimum atomic E-state index is 0.104. The van der Waals surface area contributed by atoms with Gasteiger partial charge in [0.2, 0.25) is 5.91 Å². The second kappa shape index (κ2) is 4.30. The molecule has 1 N–H and O–H groups in total. The molecule has 2 heterocycles. The van der Waals surface area contributed by atoms with Gasteiger partial charge in [-0.3, -0.25) is 10.1 Å². The van der Waals surface area contributed by atoms with E-state index in [1.54, 1.807) is 11.3 Å². The summed E-state index contributed by atoms with van der Waals surface area (Å²) in [4.78, 5) is 15.2. The zero-order valence-corrected chi connectivity index (χ0v) is 11.4. The van der Waals surface area contributed by atoms with Crippen molar-refractivity contribution in [3.05, 3.63) is 22.4 Å². The predicted octanol–water partition coefficient (Wildman–Crippen LogP) is 2.07. The quantitative estimate of drug-likeness (QED) is 0.907. The van der Waals surface area contributed by atoms with E-state index >= 15 is 0 Å². The van der Waals surface area contributed by atoms with Crippen LogP contribution in [0.5, 0.6) is 0 Å². The lowest BCUT2D eigenvalue weighted by Gasteiger charge is -2.27. The highest BCUT2D eigenvalue weighted by Gasteiger charge is 2.47. The van der Waals surface area contributed by atoms with Gasteiger partial charge < -0.3 is 4.90 Å². The van der Waals surface area contributed by atoms with E-state index in [4.69, 9.17) is 0 Å². The Morgan fingerprint density at radius 3 is 3.06 bits per heavy atom. The van der Waals surface area contributed by atoms with Crippen LogP contribution < -0.4 is 5.32 Å². The normalized spacial score (nSPS) is 26.5. The number of carbonyl (C=O) groups excluding carboxylic acids is 1. The van der Waals surface area contributed by atoms with Gasteiger partial charge in [-0.05, 0) is 30.5 Å². The second-order valence-corrected chi connectivity index (χ2v) is 6.96. The smallest absolute Gasteiger partial charge is 0.238 e. The molecule has 1 atom stereocenters. The van der Waals surface area contributed by atoms with Crippen LogP contribution in [0.4, 0.5) is 0 Å². The van der Waals surface area contributed by atoms with Crippen LogP contribution >= 0.6 is 23.1 Å². The van der Waals surface area contributed by atoms with Crippen LogP contribution in [0.1, 0.15) is 23.9 Å². The maximum atomic E-state index is 12.0. The molecule has 17 heavy (non-hydrogen) atoms. The SMILES string of the molecule is CSC1(CN2C(=O)CNC2c2cccs2)CC1. The molecule has 2 aliphatic rings. The number of rotatable bonds is 4. The molecule has 1 aromatic heterocycles. The van der Waals surface area contributed by atoms with Crippen LogP contribution in [0.3, 0.4) is 0 Å². The third-order valence-electron chi connectivity index (χ3n) is 3.59. The summed E-state index contributed by atoms with van der Waals surface area (Å²) in [6.45, 7) is 1.37. The minimum Gasteiger partial charge on any atom is -0.320 e. The van der Waals surface area contributed by atoms with Gasteiger partial charge >= 0.3 is 0 Å². The highest BCUT2D eigenvalue weighted by atomic mass is 32.2. The number of carbonyl (C=O) groups is 1. The number of hydrogen-bond acceptors (Lipinski definition) is 4. The molecule has 0 bridgehead atoms. The molecular formula is C12H16N2OS2. The molecule has 92 valence electrons. The molecular weight excluding hydrogens is 252 g/mol. The molecule has 1 aromatic rings. The van der Waals surface area contributed by atoms with Crippen molar-refractivity contribution in [2.75, 3.05) is 19.3 Å². The van der Waals surface area contributed by atoms with E-state index < -0.39 is 0 Å². The Bertz CT molecular complexity index is 414. The molecule has 1 saturated carbocycles. The molecule has 0 aromatic carbocycles. The van der Waals surface area contributed by atoms with Crippen molar-refractivity contribution in [1.82, 2.24) is 10.2 Å². The van der Waals surface area contributed by atoms with Crippen molar-refractivity contribution in [2.45, 2.75) is 23.8 Å². The summed E-state index contributed by atoms with van der Waals surface area (Å²) < 4.78 is 0.344. The molecule has 3 rings (SSSR count). The van der Waals surface area contributed by atoms with Gasteiger partial charge in [0.25, 0.3) is 0 Å². The van der Waals surface area contributed by atoms with Crippen molar-refractivity contribution in [2.24, 2.45) is 0 Å². The van der Waals surface area contributed by atoms with Crippen LogP contribution in [0.2, 0.25) is 0 Å². The van der Waals surface area contributed by atoms with E-state index in [1.165, 1.54) is 17.7 Å². The van der Waals surface area contributed by atoms with E-state index in [9.17, 15) is 4.79 Å². The van der Waals surface area contributed by atoms with E-state index in [1.807, 2.05) is 22.7 Å². The van der Waals surface area contributed by atoms with Crippen molar-refractivity contribution < 1.29 is 4.79 Å². The first-order valence-electron chi connectivity index (χ1n) is 5.85. The Balaban J connectivity index is 1.78. The average Bonchev–Trinajstić information content (AvgIpc) is 2.73. The lowest BCUT2D eigenvalue weighted by atomic mass is 10.3. The first-order valence-corrected chi connectivity index (χ1v) is 7.96. The maximum Gasteiger partial charge on any atom is 0.238 e. The molecule has 0 radical (unpaired) electrons. The van der Waals surface area contributed by atoms with Gasteiger partial charge in [-0.2, -0.15) is 11.8 Å².